The highest BCUT2D eigenvalue weighted by atomic mass is 35.5. The number of ether oxygens (including phenoxy) is 1. The molecule has 1 aliphatic heterocycles. The lowest BCUT2D eigenvalue weighted by molar-refractivity contribution is -0.119. The fourth-order valence-corrected chi connectivity index (χ4v) is 3.30. The summed E-state index contributed by atoms with van der Waals surface area (Å²) in [5.41, 5.74) is 3.43. The van der Waals surface area contributed by atoms with Crippen LogP contribution in [-0.2, 0) is 16.0 Å². The molecular formula is C21H23ClN2O3. The van der Waals surface area contributed by atoms with Crippen LogP contribution in [-0.4, -0.2) is 30.6 Å². The van der Waals surface area contributed by atoms with E-state index in [1.165, 1.54) is 5.56 Å². The van der Waals surface area contributed by atoms with Crippen molar-refractivity contribution in [2.75, 3.05) is 13.7 Å². The van der Waals surface area contributed by atoms with Crippen molar-refractivity contribution in [1.29, 1.82) is 0 Å². The molecule has 0 aliphatic carbocycles. The Morgan fingerprint density at radius 1 is 1.22 bits per heavy atom. The van der Waals surface area contributed by atoms with Crippen LogP contribution >= 0.6 is 11.6 Å². The number of pyridine rings is 1. The fraction of sp³-hybridized carbons (Fsp3) is 0.333. The molecule has 1 saturated heterocycles. The number of aromatic nitrogens is 1. The number of H-pyrrole nitrogens is 1. The topological polar surface area (TPSA) is 71.2 Å². The van der Waals surface area contributed by atoms with Gasteiger partial charge in [0, 0.05) is 37.4 Å². The number of aryl methyl sites for hydroxylation is 1. The van der Waals surface area contributed by atoms with Crippen molar-refractivity contribution in [2.45, 2.75) is 31.7 Å². The van der Waals surface area contributed by atoms with Gasteiger partial charge in [-0.15, -0.1) is 0 Å². The average molecular weight is 387 g/mol. The fourth-order valence-electron chi connectivity index (χ4n) is 3.19. The number of benzene rings is 1. The average Bonchev–Trinajstić information content (AvgIpc) is 3.08. The molecule has 1 aliphatic rings. The lowest BCUT2D eigenvalue weighted by atomic mass is 9.97. The van der Waals surface area contributed by atoms with Crippen molar-refractivity contribution in [1.82, 2.24) is 10.3 Å². The summed E-state index contributed by atoms with van der Waals surface area (Å²) in [6.45, 7) is 0.736. The van der Waals surface area contributed by atoms with E-state index in [1.807, 2.05) is 18.2 Å². The third-order valence-electron chi connectivity index (χ3n) is 4.63. The normalized spacial score (nSPS) is 17.2. The SMILES string of the molecule is COCCCc1ccc(/C(=C\[C@H]2CCC(=O)N2)c2ccc(Cl)c(=O)[nH]2)cc1. The molecule has 3 rings (SSSR count). The number of halogens is 1. The molecule has 1 atom stereocenters. The Hall–Kier alpha value is -2.37. The van der Waals surface area contributed by atoms with Crippen molar-refractivity contribution in [3.05, 3.63) is 74.7 Å². The third kappa shape index (κ3) is 5.08. The van der Waals surface area contributed by atoms with Crippen LogP contribution < -0.4 is 10.9 Å². The van der Waals surface area contributed by atoms with Gasteiger partial charge in [0.2, 0.25) is 5.91 Å². The van der Waals surface area contributed by atoms with Gasteiger partial charge in [-0.2, -0.15) is 0 Å². The summed E-state index contributed by atoms with van der Waals surface area (Å²) in [5.74, 6) is 0.0497. The lowest BCUT2D eigenvalue weighted by Gasteiger charge is -2.13. The summed E-state index contributed by atoms with van der Waals surface area (Å²) in [6, 6.07) is 11.6. The van der Waals surface area contributed by atoms with Gasteiger partial charge in [0.05, 0.1) is 0 Å². The highest BCUT2D eigenvalue weighted by Crippen LogP contribution is 2.25. The first kappa shape index (κ1) is 19.4. The third-order valence-corrected chi connectivity index (χ3v) is 4.92. The van der Waals surface area contributed by atoms with E-state index in [9.17, 15) is 9.59 Å². The predicted octanol–water partition coefficient (Wildman–Crippen LogP) is 3.32. The molecule has 1 aromatic carbocycles. The molecule has 6 heteroatoms. The van der Waals surface area contributed by atoms with Gasteiger partial charge in [0.25, 0.3) is 5.56 Å². The molecule has 2 aromatic rings. The molecule has 0 unspecified atom stereocenters. The zero-order valence-electron chi connectivity index (χ0n) is 15.3. The minimum atomic E-state index is -0.327. The van der Waals surface area contributed by atoms with E-state index < -0.39 is 0 Å². The first-order valence-electron chi connectivity index (χ1n) is 9.05. The molecule has 2 N–H and O–H groups in total. The van der Waals surface area contributed by atoms with Crippen LogP contribution in [0.4, 0.5) is 0 Å². The van der Waals surface area contributed by atoms with Crippen LogP contribution in [0.1, 0.15) is 36.1 Å². The van der Waals surface area contributed by atoms with Crippen molar-refractivity contribution < 1.29 is 9.53 Å². The van der Waals surface area contributed by atoms with Crippen LogP contribution in [0, 0.1) is 0 Å². The maximum absolute atomic E-state index is 12.0. The number of nitrogens with one attached hydrogen (secondary N) is 2. The summed E-state index contributed by atoms with van der Waals surface area (Å²) in [5, 5.41) is 3.10. The van der Waals surface area contributed by atoms with Crippen molar-refractivity contribution in [3.63, 3.8) is 0 Å². The highest BCUT2D eigenvalue weighted by molar-refractivity contribution is 6.30. The Balaban J connectivity index is 1.91. The molecule has 142 valence electrons. The summed E-state index contributed by atoms with van der Waals surface area (Å²) < 4.78 is 5.10. The second kappa shape index (κ2) is 9.02. The van der Waals surface area contributed by atoms with E-state index in [4.69, 9.17) is 16.3 Å². The van der Waals surface area contributed by atoms with E-state index in [1.54, 1.807) is 19.2 Å². The lowest BCUT2D eigenvalue weighted by Crippen LogP contribution is -2.23. The molecule has 2 heterocycles. The Bertz CT molecular complexity index is 887. The number of aromatic amines is 1. The molecule has 1 amide bonds. The van der Waals surface area contributed by atoms with Crippen LogP contribution in [0.15, 0.2) is 47.3 Å². The Labute approximate surface area is 163 Å². The summed E-state index contributed by atoms with van der Waals surface area (Å²) in [4.78, 5) is 26.4. The summed E-state index contributed by atoms with van der Waals surface area (Å²) in [6.07, 6.45) is 5.18. The monoisotopic (exact) mass is 386 g/mol. The largest absolute Gasteiger partial charge is 0.385 e. The van der Waals surface area contributed by atoms with Crippen molar-refractivity contribution in [2.24, 2.45) is 0 Å². The van der Waals surface area contributed by atoms with Gasteiger partial charge < -0.3 is 15.0 Å². The standard InChI is InChI=1S/C21H23ClN2O3/c1-27-12-2-3-14-4-6-15(7-5-14)17(13-16-8-11-20(25)23-16)19-10-9-18(22)21(26)24-19/h4-7,9-10,13,16H,2-3,8,11-12H2,1H3,(H,23,25)(H,24,26)/b17-13+/t16-/m1/s1. The number of rotatable bonds is 7. The molecule has 1 aromatic heterocycles. The summed E-state index contributed by atoms with van der Waals surface area (Å²) >= 11 is 5.87. The molecule has 1 fully saturated rings. The van der Waals surface area contributed by atoms with Crippen molar-refractivity contribution in [3.8, 4) is 0 Å². The van der Waals surface area contributed by atoms with Gasteiger partial charge in [-0.3, -0.25) is 9.59 Å². The smallest absolute Gasteiger partial charge is 0.267 e. The Morgan fingerprint density at radius 2 is 2.00 bits per heavy atom. The summed E-state index contributed by atoms with van der Waals surface area (Å²) in [7, 11) is 1.70. The molecule has 5 nitrogen and oxygen atoms in total. The van der Waals surface area contributed by atoms with Crippen LogP contribution in [0.25, 0.3) is 5.57 Å². The van der Waals surface area contributed by atoms with Gasteiger partial charge in [-0.05, 0) is 42.5 Å². The van der Waals surface area contributed by atoms with Crippen LogP contribution in [0.2, 0.25) is 5.02 Å². The molecule has 0 spiro atoms. The van der Waals surface area contributed by atoms with E-state index in [2.05, 4.69) is 22.4 Å². The zero-order valence-corrected chi connectivity index (χ0v) is 16.0. The minimum absolute atomic E-state index is 0.0481. The van der Waals surface area contributed by atoms with Gasteiger partial charge in [-0.25, -0.2) is 0 Å². The maximum atomic E-state index is 12.0. The van der Waals surface area contributed by atoms with Gasteiger partial charge in [-0.1, -0.05) is 41.9 Å². The number of hydrogen-bond acceptors (Lipinski definition) is 3. The minimum Gasteiger partial charge on any atom is -0.385 e. The second-order valence-corrected chi connectivity index (χ2v) is 7.04. The van der Waals surface area contributed by atoms with Gasteiger partial charge in [0.1, 0.15) is 5.02 Å². The number of hydrogen-bond donors (Lipinski definition) is 2. The predicted molar refractivity (Wildman–Crippen MR) is 107 cm³/mol. The van der Waals surface area contributed by atoms with Gasteiger partial charge in [0.15, 0.2) is 0 Å². The highest BCUT2D eigenvalue weighted by Gasteiger charge is 2.20. The zero-order chi connectivity index (χ0) is 19.2. The first-order chi connectivity index (χ1) is 13.1. The van der Waals surface area contributed by atoms with E-state index >= 15 is 0 Å². The molecule has 0 radical (unpaired) electrons. The van der Waals surface area contributed by atoms with Gasteiger partial charge >= 0.3 is 0 Å². The number of carbonyl (C=O) groups excluding carboxylic acids is 1. The Kier molecular flexibility index (Phi) is 6.48. The molecule has 27 heavy (non-hydrogen) atoms. The Morgan fingerprint density at radius 3 is 2.63 bits per heavy atom. The van der Waals surface area contributed by atoms with Crippen molar-refractivity contribution >= 4 is 23.1 Å². The maximum Gasteiger partial charge on any atom is 0.267 e. The van der Waals surface area contributed by atoms with Crippen LogP contribution in [0.5, 0.6) is 0 Å². The number of carbonyl (C=O) groups is 1. The van der Waals surface area contributed by atoms with E-state index in [-0.39, 0.29) is 22.5 Å². The molecule has 0 bridgehead atoms. The number of methoxy groups -OCH3 is 1. The molecular weight excluding hydrogens is 364 g/mol. The quantitative estimate of drug-likeness (QED) is 0.717. The first-order valence-corrected chi connectivity index (χ1v) is 9.43. The van der Waals surface area contributed by atoms with E-state index in [0.29, 0.717) is 12.1 Å². The second-order valence-electron chi connectivity index (χ2n) is 6.64. The molecule has 0 saturated carbocycles. The van der Waals surface area contributed by atoms with Crippen LogP contribution in [0.3, 0.4) is 0 Å². The number of amides is 1. The van der Waals surface area contributed by atoms with E-state index in [0.717, 1.165) is 37.0 Å².